The SMILES string of the molecule is Cc1csc(C(C)CNC(=O)N2CCN(CCOCCO)CC2)n1. The highest BCUT2D eigenvalue weighted by Crippen LogP contribution is 2.18. The number of hydrogen-bond donors (Lipinski definition) is 2. The van der Waals surface area contributed by atoms with Crippen molar-refractivity contribution in [3.63, 3.8) is 0 Å². The summed E-state index contributed by atoms with van der Waals surface area (Å²) >= 11 is 1.65. The van der Waals surface area contributed by atoms with Crippen molar-refractivity contribution in [2.75, 3.05) is 59.1 Å². The van der Waals surface area contributed by atoms with Gasteiger partial charge in [0.1, 0.15) is 0 Å². The van der Waals surface area contributed by atoms with Gasteiger partial charge in [0.2, 0.25) is 0 Å². The van der Waals surface area contributed by atoms with Gasteiger partial charge >= 0.3 is 6.03 Å². The molecule has 0 saturated carbocycles. The van der Waals surface area contributed by atoms with Crippen molar-refractivity contribution in [1.29, 1.82) is 0 Å². The summed E-state index contributed by atoms with van der Waals surface area (Å²) in [5.41, 5.74) is 1.03. The predicted molar refractivity (Wildman–Crippen MR) is 94.6 cm³/mol. The van der Waals surface area contributed by atoms with Crippen LogP contribution in [0.1, 0.15) is 23.5 Å². The number of aliphatic hydroxyl groups excluding tert-OH is 1. The normalized spacial score (nSPS) is 17.0. The summed E-state index contributed by atoms with van der Waals surface area (Å²) < 4.78 is 5.28. The van der Waals surface area contributed by atoms with Crippen LogP contribution in [0.2, 0.25) is 0 Å². The molecule has 1 fully saturated rings. The average molecular weight is 356 g/mol. The summed E-state index contributed by atoms with van der Waals surface area (Å²) in [7, 11) is 0. The van der Waals surface area contributed by atoms with Crippen LogP contribution in [0.15, 0.2) is 5.38 Å². The number of ether oxygens (including phenoxy) is 1. The number of hydrogen-bond acceptors (Lipinski definition) is 6. The van der Waals surface area contributed by atoms with Gasteiger partial charge in [-0.25, -0.2) is 9.78 Å². The lowest BCUT2D eigenvalue weighted by Gasteiger charge is -2.34. The molecule has 0 radical (unpaired) electrons. The molecular weight excluding hydrogens is 328 g/mol. The molecule has 2 N–H and O–H groups in total. The zero-order chi connectivity index (χ0) is 17.4. The van der Waals surface area contributed by atoms with E-state index in [-0.39, 0.29) is 18.6 Å². The van der Waals surface area contributed by atoms with Crippen LogP contribution in [0, 0.1) is 6.92 Å². The Morgan fingerprint density at radius 1 is 1.42 bits per heavy atom. The lowest BCUT2D eigenvalue weighted by Crippen LogP contribution is -2.52. The van der Waals surface area contributed by atoms with E-state index in [9.17, 15) is 4.79 Å². The number of thiazole rings is 1. The molecule has 8 heteroatoms. The van der Waals surface area contributed by atoms with E-state index in [1.165, 1.54) is 0 Å². The molecule has 1 aliphatic rings. The number of nitrogens with one attached hydrogen (secondary N) is 1. The first-order valence-corrected chi connectivity index (χ1v) is 9.34. The second-order valence-electron chi connectivity index (χ2n) is 6.08. The van der Waals surface area contributed by atoms with Crippen LogP contribution in [0.3, 0.4) is 0 Å². The largest absolute Gasteiger partial charge is 0.394 e. The highest BCUT2D eigenvalue weighted by Gasteiger charge is 2.21. The smallest absolute Gasteiger partial charge is 0.317 e. The minimum Gasteiger partial charge on any atom is -0.394 e. The minimum absolute atomic E-state index is 0.00584. The molecular formula is C16H28N4O3S. The predicted octanol–water partition coefficient (Wildman–Crippen LogP) is 0.891. The Morgan fingerprint density at radius 2 is 2.17 bits per heavy atom. The topological polar surface area (TPSA) is 77.9 Å². The van der Waals surface area contributed by atoms with E-state index >= 15 is 0 Å². The maximum atomic E-state index is 12.3. The molecule has 1 atom stereocenters. The van der Waals surface area contributed by atoms with Crippen LogP contribution in [0.5, 0.6) is 0 Å². The Balaban J connectivity index is 1.63. The molecule has 2 amide bonds. The van der Waals surface area contributed by atoms with Crippen LogP contribution in [0.25, 0.3) is 0 Å². The summed E-state index contributed by atoms with van der Waals surface area (Å²) in [5.74, 6) is 0.234. The van der Waals surface area contributed by atoms with E-state index < -0.39 is 0 Å². The molecule has 1 unspecified atom stereocenters. The monoisotopic (exact) mass is 356 g/mol. The van der Waals surface area contributed by atoms with E-state index in [0.29, 0.717) is 19.8 Å². The lowest BCUT2D eigenvalue weighted by atomic mass is 10.2. The van der Waals surface area contributed by atoms with Gasteiger partial charge in [-0.2, -0.15) is 0 Å². The Bertz CT molecular complexity index is 503. The summed E-state index contributed by atoms with van der Waals surface area (Å²) in [4.78, 5) is 20.9. The van der Waals surface area contributed by atoms with Gasteiger partial charge in [0.05, 0.1) is 24.8 Å². The number of urea groups is 1. The molecule has 0 spiro atoms. The molecule has 1 saturated heterocycles. The van der Waals surface area contributed by atoms with Crippen molar-refractivity contribution < 1.29 is 14.6 Å². The maximum Gasteiger partial charge on any atom is 0.317 e. The number of aliphatic hydroxyl groups is 1. The van der Waals surface area contributed by atoms with E-state index in [1.807, 2.05) is 17.2 Å². The van der Waals surface area contributed by atoms with Crippen molar-refractivity contribution in [3.05, 3.63) is 16.1 Å². The van der Waals surface area contributed by atoms with Crippen molar-refractivity contribution in [1.82, 2.24) is 20.1 Å². The zero-order valence-electron chi connectivity index (χ0n) is 14.5. The molecule has 0 bridgehead atoms. The van der Waals surface area contributed by atoms with Gasteiger partial charge in [0.25, 0.3) is 0 Å². The number of rotatable bonds is 8. The summed E-state index contributed by atoms with van der Waals surface area (Å²) in [6.45, 7) is 9.78. The average Bonchev–Trinajstić information content (AvgIpc) is 3.03. The van der Waals surface area contributed by atoms with Crippen molar-refractivity contribution in [3.8, 4) is 0 Å². The van der Waals surface area contributed by atoms with Crippen LogP contribution >= 0.6 is 11.3 Å². The maximum absolute atomic E-state index is 12.3. The number of aromatic nitrogens is 1. The molecule has 7 nitrogen and oxygen atoms in total. The van der Waals surface area contributed by atoms with Gasteiger partial charge in [-0.15, -0.1) is 11.3 Å². The van der Waals surface area contributed by atoms with Crippen molar-refractivity contribution in [2.24, 2.45) is 0 Å². The molecule has 0 aliphatic carbocycles. The Kier molecular flexibility index (Phi) is 7.90. The lowest BCUT2D eigenvalue weighted by molar-refractivity contribution is 0.0619. The Labute approximate surface area is 147 Å². The number of piperazine rings is 1. The molecule has 24 heavy (non-hydrogen) atoms. The number of carbonyl (C=O) groups excluding carboxylic acids is 1. The van der Waals surface area contributed by atoms with Gasteiger partial charge in [-0.1, -0.05) is 6.92 Å². The highest BCUT2D eigenvalue weighted by atomic mass is 32.1. The quantitative estimate of drug-likeness (QED) is 0.677. The first kappa shape index (κ1) is 19.1. The number of nitrogens with zero attached hydrogens (tertiary/aromatic N) is 3. The third-order valence-corrected chi connectivity index (χ3v) is 5.26. The summed E-state index contributed by atoms with van der Waals surface area (Å²) in [6, 6.07) is 0.00584. The van der Waals surface area contributed by atoms with Gasteiger partial charge < -0.3 is 20.1 Å². The second-order valence-corrected chi connectivity index (χ2v) is 6.97. The summed E-state index contributed by atoms with van der Waals surface area (Å²) in [6.07, 6.45) is 0. The molecule has 0 aromatic carbocycles. The minimum atomic E-state index is 0.00584. The molecule has 1 aliphatic heterocycles. The fourth-order valence-electron chi connectivity index (χ4n) is 2.57. The third kappa shape index (κ3) is 6.01. The van der Waals surface area contributed by atoms with E-state index in [0.717, 1.165) is 43.4 Å². The summed E-state index contributed by atoms with van der Waals surface area (Å²) in [5, 5.41) is 14.8. The van der Waals surface area contributed by atoms with E-state index in [2.05, 4.69) is 22.1 Å². The Morgan fingerprint density at radius 3 is 2.79 bits per heavy atom. The first-order valence-electron chi connectivity index (χ1n) is 8.46. The van der Waals surface area contributed by atoms with Crippen LogP contribution in [-0.4, -0.2) is 85.0 Å². The molecule has 1 aromatic heterocycles. The number of carbonyl (C=O) groups is 1. The fourth-order valence-corrected chi connectivity index (χ4v) is 3.43. The Hall–Kier alpha value is -1.22. The van der Waals surface area contributed by atoms with Crippen LogP contribution in [0.4, 0.5) is 4.79 Å². The van der Waals surface area contributed by atoms with E-state index in [4.69, 9.17) is 9.84 Å². The van der Waals surface area contributed by atoms with Crippen molar-refractivity contribution >= 4 is 17.4 Å². The standard InChI is InChI=1S/C16H28N4O3S/c1-13(15-18-14(2)12-24-15)11-17-16(22)20-5-3-19(4-6-20)7-9-23-10-8-21/h12-13,21H,3-11H2,1-2H3,(H,17,22). The first-order chi connectivity index (χ1) is 11.6. The van der Waals surface area contributed by atoms with Gasteiger partial charge in [-0.3, -0.25) is 4.90 Å². The van der Waals surface area contributed by atoms with E-state index in [1.54, 1.807) is 11.3 Å². The molecule has 2 rings (SSSR count). The molecule has 1 aromatic rings. The highest BCUT2D eigenvalue weighted by molar-refractivity contribution is 7.09. The van der Waals surface area contributed by atoms with Crippen molar-refractivity contribution in [2.45, 2.75) is 19.8 Å². The van der Waals surface area contributed by atoms with Crippen LogP contribution in [-0.2, 0) is 4.74 Å². The van der Waals surface area contributed by atoms with Gasteiger partial charge in [0, 0.05) is 56.3 Å². The molecule has 136 valence electrons. The van der Waals surface area contributed by atoms with Gasteiger partial charge in [-0.05, 0) is 6.92 Å². The third-order valence-electron chi connectivity index (χ3n) is 4.06. The number of aryl methyl sites for hydroxylation is 1. The fraction of sp³-hybridized carbons (Fsp3) is 0.750. The zero-order valence-corrected chi connectivity index (χ0v) is 15.3. The second kappa shape index (κ2) is 9.93. The number of amides is 2. The van der Waals surface area contributed by atoms with Crippen LogP contribution < -0.4 is 5.32 Å². The molecule has 2 heterocycles. The van der Waals surface area contributed by atoms with Gasteiger partial charge in [0.15, 0.2) is 0 Å².